The third kappa shape index (κ3) is 2.94. The molecule has 0 bridgehead atoms. The lowest BCUT2D eigenvalue weighted by molar-refractivity contribution is -0.107. The number of nitrogens with one attached hydrogen (secondary N) is 1. The van der Waals surface area contributed by atoms with Crippen LogP contribution in [0.2, 0.25) is 0 Å². The highest BCUT2D eigenvalue weighted by molar-refractivity contribution is 7.15. The number of anilines is 1. The molecule has 0 amide bonds. The maximum absolute atomic E-state index is 11.7. The first-order valence-corrected chi connectivity index (χ1v) is 9.94. The Morgan fingerprint density at radius 2 is 1.76 bits per heavy atom. The first kappa shape index (κ1) is 17.5. The van der Waals surface area contributed by atoms with Gasteiger partial charge in [-0.25, -0.2) is 0 Å². The van der Waals surface area contributed by atoms with E-state index in [1.54, 1.807) is 37.1 Å². The Bertz CT molecular complexity index is 1190. The molecule has 6 heteroatoms. The van der Waals surface area contributed by atoms with Crippen LogP contribution in [0.5, 0.6) is 0 Å². The van der Waals surface area contributed by atoms with Crippen molar-refractivity contribution >= 4 is 34.0 Å². The number of benzene rings is 1. The van der Waals surface area contributed by atoms with Gasteiger partial charge in [0.1, 0.15) is 23.1 Å². The Morgan fingerprint density at radius 3 is 2.45 bits per heavy atom. The molecule has 2 N–H and O–H groups in total. The van der Waals surface area contributed by atoms with E-state index in [1.165, 1.54) is 11.3 Å². The molecule has 0 saturated carbocycles. The highest BCUT2D eigenvalue weighted by Gasteiger charge is 2.31. The van der Waals surface area contributed by atoms with Gasteiger partial charge in [0.25, 0.3) is 0 Å². The van der Waals surface area contributed by atoms with Crippen molar-refractivity contribution in [1.29, 1.82) is 0 Å². The zero-order chi connectivity index (χ0) is 19.8. The molecule has 29 heavy (non-hydrogen) atoms. The second-order valence-electron chi connectivity index (χ2n) is 6.70. The Hall–Kier alpha value is -3.64. The van der Waals surface area contributed by atoms with Crippen LogP contribution in [0, 0.1) is 0 Å². The van der Waals surface area contributed by atoms with Gasteiger partial charge in [-0.15, -0.1) is 11.3 Å². The number of thiophene rings is 1. The van der Waals surface area contributed by atoms with Gasteiger partial charge in [-0.1, -0.05) is 24.3 Å². The van der Waals surface area contributed by atoms with Gasteiger partial charge in [-0.05, 0) is 34.9 Å². The summed E-state index contributed by atoms with van der Waals surface area (Å²) in [6, 6.07) is 13.0. The SMILES string of the molecule is O=CC1Nc2scc(-c3ccc(-c4ccoc4)cc3)c2C(O)=C1c1ccncc1. The van der Waals surface area contributed by atoms with Gasteiger partial charge in [0, 0.05) is 34.5 Å². The van der Waals surface area contributed by atoms with Crippen LogP contribution in [0.1, 0.15) is 11.1 Å². The lowest BCUT2D eigenvalue weighted by atomic mass is 9.90. The maximum Gasteiger partial charge on any atom is 0.146 e. The third-order valence-electron chi connectivity index (χ3n) is 5.06. The van der Waals surface area contributed by atoms with Crippen LogP contribution >= 0.6 is 11.3 Å². The average Bonchev–Trinajstić information content (AvgIpc) is 3.45. The second kappa shape index (κ2) is 7.07. The van der Waals surface area contributed by atoms with Gasteiger partial charge in [0.2, 0.25) is 0 Å². The molecule has 0 radical (unpaired) electrons. The fourth-order valence-electron chi connectivity index (χ4n) is 3.63. The molecule has 0 saturated heterocycles. The Labute approximate surface area is 171 Å². The molecule has 142 valence electrons. The predicted molar refractivity (Wildman–Crippen MR) is 115 cm³/mol. The summed E-state index contributed by atoms with van der Waals surface area (Å²) in [4.78, 5) is 15.7. The van der Waals surface area contributed by atoms with E-state index in [-0.39, 0.29) is 5.76 Å². The zero-order valence-corrected chi connectivity index (χ0v) is 16.0. The predicted octanol–water partition coefficient (Wildman–Crippen LogP) is 5.49. The van der Waals surface area contributed by atoms with Crippen molar-refractivity contribution in [3.63, 3.8) is 0 Å². The minimum Gasteiger partial charge on any atom is -0.507 e. The van der Waals surface area contributed by atoms with Crippen molar-refractivity contribution in [2.24, 2.45) is 0 Å². The molecule has 5 rings (SSSR count). The van der Waals surface area contributed by atoms with E-state index in [1.807, 2.05) is 35.7 Å². The first-order valence-electron chi connectivity index (χ1n) is 9.06. The van der Waals surface area contributed by atoms with Crippen molar-refractivity contribution in [2.75, 3.05) is 5.32 Å². The van der Waals surface area contributed by atoms with E-state index in [2.05, 4.69) is 10.3 Å². The molecular formula is C23H16N2O3S. The van der Waals surface area contributed by atoms with Crippen LogP contribution in [0.3, 0.4) is 0 Å². The van der Waals surface area contributed by atoms with Crippen LogP contribution in [0.25, 0.3) is 33.6 Å². The van der Waals surface area contributed by atoms with Crippen molar-refractivity contribution in [1.82, 2.24) is 4.98 Å². The number of fused-ring (bicyclic) bond motifs is 1. The third-order valence-corrected chi connectivity index (χ3v) is 5.97. The van der Waals surface area contributed by atoms with Gasteiger partial charge in [0.15, 0.2) is 0 Å². The number of carbonyl (C=O) groups is 1. The van der Waals surface area contributed by atoms with E-state index < -0.39 is 6.04 Å². The van der Waals surface area contributed by atoms with Crippen molar-refractivity contribution in [2.45, 2.75) is 6.04 Å². The molecule has 4 heterocycles. The molecule has 1 aliphatic rings. The molecule has 0 aliphatic carbocycles. The lowest BCUT2D eigenvalue weighted by Crippen LogP contribution is -2.27. The summed E-state index contributed by atoms with van der Waals surface area (Å²) in [7, 11) is 0. The fourth-order valence-corrected chi connectivity index (χ4v) is 4.64. The Kier molecular flexibility index (Phi) is 4.26. The quantitative estimate of drug-likeness (QED) is 0.443. The molecule has 0 spiro atoms. The van der Waals surface area contributed by atoms with Crippen LogP contribution < -0.4 is 5.32 Å². The molecule has 1 unspecified atom stereocenters. The summed E-state index contributed by atoms with van der Waals surface area (Å²) in [5.74, 6) is 0.122. The van der Waals surface area contributed by atoms with Crippen LogP contribution in [-0.4, -0.2) is 22.4 Å². The van der Waals surface area contributed by atoms with Gasteiger partial charge in [-0.3, -0.25) is 4.98 Å². The summed E-state index contributed by atoms with van der Waals surface area (Å²) in [5.41, 5.74) is 6.03. The number of nitrogens with zero attached hydrogens (tertiary/aromatic N) is 1. The van der Waals surface area contributed by atoms with E-state index in [0.29, 0.717) is 5.57 Å². The van der Waals surface area contributed by atoms with Gasteiger partial charge >= 0.3 is 0 Å². The van der Waals surface area contributed by atoms with Crippen LogP contribution in [-0.2, 0) is 4.79 Å². The first-order chi connectivity index (χ1) is 14.3. The summed E-state index contributed by atoms with van der Waals surface area (Å²) in [6.07, 6.45) is 7.47. The summed E-state index contributed by atoms with van der Waals surface area (Å²) < 4.78 is 5.16. The fraction of sp³-hybridized carbons (Fsp3) is 0.0435. The minimum absolute atomic E-state index is 0.122. The average molecular weight is 400 g/mol. The van der Waals surface area contributed by atoms with Gasteiger partial charge < -0.3 is 19.6 Å². The molecule has 5 nitrogen and oxygen atoms in total. The largest absolute Gasteiger partial charge is 0.507 e. The molecule has 4 aromatic rings. The maximum atomic E-state index is 11.7. The monoisotopic (exact) mass is 400 g/mol. The molecule has 0 fully saturated rings. The molecule has 1 atom stereocenters. The van der Waals surface area contributed by atoms with Crippen molar-refractivity contribution < 1.29 is 14.3 Å². The number of aliphatic hydroxyl groups is 1. The smallest absolute Gasteiger partial charge is 0.146 e. The standard InChI is InChI=1S/C23H16N2O3S/c26-11-19-20(16-5-8-24-9-6-16)22(27)21-18(13-29-23(21)25-19)15-3-1-14(2-4-15)17-7-10-28-12-17/h1-13,19,25,27H. The van der Waals surface area contributed by atoms with E-state index >= 15 is 0 Å². The van der Waals surface area contributed by atoms with Crippen molar-refractivity contribution in [3.05, 3.63) is 83.9 Å². The number of aldehydes is 1. The number of carbonyl (C=O) groups excluding carboxylic acids is 1. The number of rotatable bonds is 4. The second-order valence-corrected chi connectivity index (χ2v) is 7.58. The lowest BCUT2D eigenvalue weighted by Gasteiger charge is -2.25. The summed E-state index contributed by atoms with van der Waals surface area (Å²) >= 11 is 1.48. The zero-order valence-electron chi connectivity index (χ0n) is 15.2. The van der Waals surface area contributed by atoms with Gasteiger partial charge in [0.05, 0.1) is 18.1 Å². The summed E-state index contributed by atoms with van der Waals surface area (Å²) in [6.45, 7) is 0. The minimum atomic E-state index is -0.611. The highest BCUT2D eigenvalue weighted by Crippen LogP contribution is 2.46. The highest BCUT2D eigenvalue weighted by atomic mass is 32.1. The van der Waals surface area contributed by atoms with Crippen LogP contribution in [0.4, 0.5) is 5.00 Å². The Morgan fingerprint density at radius 1 is 1.00 bits per heavy atom. The number of hydrogen-bond donors (Lipinski definition) is 2. The van der Waals surface area contributed by atoms with E-state index in [9.17, 15) is 9.90 Å². The molecular weight excluding hydrogens is 384 g/mol. The molecule has 1 aliphatic heterocycles. The number of aromatic nitrogens is 1. The molecule has 3 aromatic heterocycles. The van der Waals surface area contributed by atoms with Crippen LogP contribution in [0.15, 0.2) is 77.2 Å². The number of hydrogen-bond acceptors (Lipinski definition) is 6. The van der Waals surface area contributed by atoms with E-state index in [4.69, 9.17) is 4.42 Å². The van der Waals surface area contributed by atoms with E-state index in [0.717, 1.165) is 44.7 Å². The number of furan rings is 1. The topological polar surface area (TPSA) is 75.4 Å². The summed E-state index contributed by atoms with van der Waals surface area (Å²) in [5, 5.41) is 17.2. The van der Waals surface area contributed by atoms with Crippen molar-refractivity contribution in [3.8, 4) is 22.3 Å². The molecule has 1 aromatic carbocycles. The number of pyridine rings is 1. The Balaban J connectivity index is 1.61. The normalized spacial score (nSPS) is 15.7. The van der Waals surface area contributed by atoms with Gasteiger partial charge in [-0.2, -0.15) is 0 Å². The number of aliphatic hydroxyl groups excluding tert-OH is 1.